The van der Waals surface area contributed by atoms with Gasteiger partial charge in [0.2, 0.25) is 5.91 Å². The third kappa shape index (κ3) is 8.76. The van der Waals surface area contributed by atoms with Gasteiger partial charge in [-0.05, 0) is 6.92 Å². The van der Waals surface area contributed by atoms with Crippen molar-refractivity contribution >= 4 is 23.6 Å². The minimum Gasteiger partial charge on any atom is -0.481 e. The third-order valence-corrected chi connectivity index (χ3v) is 1.93. The van der Waals surface area contributed by atoms with Crippen LogP contribution in [0, 0.1) is 11.8 Å². The highest BCUT2D eigenvalue weighted by Gasteiger charge is 2.02. The molecule has 72 valence electrons. The summed E-state index contributed by atoms with van der Waals surface area (Å²) in [6.07, 6.45) is 0. The van der Waals surface area contributed by atoms with E-state index in [1.54, 1.807) is 6.92 Å². The topological polar surface area (TPSA) is 66.4 Å². The van der Waals surface area contributed by atoms with Crippen LogP contribution < -0.4 is 5.32 Å². The van der Waals surface area contributed by atoms with Crippen molar-refractivity contribution in [2.24, 2.45) is 0 Å². The molecule has 0 aliphatic heterocycles. The Morgan fingerprint density at radius 2 is 2.15 bits per heavy atom. The maximum absolute atomic E-state index is 10.9. The second-order valence-electron chi connectivity index (χ2n) is 2.09. The zero-order valence-corrected chi connectivity index (χ0v) is 8.11. The molecule has 2 N–H and O–H groups in total. The lowest BCUT2D eigenvalue weighted by atomic mass is 10.5. The van der Waals surface area contributed by atoms with Gasteiger partial charge in [0, 0.05) is 0 Å². The van der Waals surface area contributed by atoms with Crippen LogP contribution in [-0.4, -0.2) is 35.0 Å². The summed E-state index contributed by atoms with van der Waals surface area (Å²) in [6, 6.07) is 0. The molecule has 4 nitrogen and oxygen atoms in total. The summed E-state index contributed by atoms with van der Waals surface area (Å²) in [6.45, 7) is 2.01. The molecule has 0 spiro atoms. The normalized spacial score (nSPS) is 8.38. The minimum atomic E-state index is -0.911. The maximum Gasteiger partial charge on any atom is 0.313 e. The quantitative estimate of drug-likeness (QED) is 0.612. The highest BCUT2D eigenvalue weighted by molar-refractivity contribution is 8.00. The number of carbonyl (C=O) groups excluding carboxylic acids is 1. The highest BCUT2D eigenvalue weighted by Crippen LogP contribution is 1.97. The van der Waals surface area contributed by atoms with E-state index in [1.807, 2.05) is 0 Å². The molecule has 1 amide bonds. The van der Waals surface area contributed by atoms with E-state index < -0.39 is 5.97 Å². The van der Waals surface area contributed by atoms with Crippen molar-refractivity contribution in [1.82, 2.24) is 5.32 Å². The molecule has 0 aromatic heterocycles. The SMILES string of the molecule is CC#CCNC(=O)CSCC(=O)O. The molecular weight excluding hydrogens is 190 g/mol. The Labute approximate surface area is 81.1 Å². The summed E-state index contributed by atoms with van der Waals surface area (Å²) in [5, 5.41) is 10.8. The fraction of sp³-hybridized carbons (Fsp3) is 0.500. The first-order valence-corrected chi connectivity index (χ1v) is 4.78. The predicted octanol–water partition coefficient (Wildman–Crippen LogP) is -0.0563. The molecule has 0 aromatic carbocycles. The monoisotopic (exact) mass is 201 g/mol. The summed E-state index contributed by atoms with van der Waals surface area (Å²) in [4.78, 5) is 21.0. The Morgan fingerprint density at radius 3 is 2.69 bits per heavy atom. The van der Waals surface area contributed by atoms with Crippen molar-refractivity contribution in [3.05, 3.63) is 0 Å². The molecule has 0 aliphatic carbocycles. The molecular formula is C8H11NO3S. The molecule has 0 radical (unpaired) electrons. The van der Waals surface area contributed by atoms with Crippen LogP contribution in [0.3, 0.4) is 0 Å². The Hall–Kier alpha value is -1.15. The van der Waals surface area contributed by atoms with Gasteiger partial charge in [-0.2, -0.15) is 0 Å². The smallest absolute Gasteiger partial charge is 0.313 e. The van der Waals surface area contributed by atoms with Gasteiger partial charge >= 0.3 is 5.97 Å². The van der Waals surface area contributed by atoms with Crippen LogP contribution in [0.15, 0.2) is 0 Å². The molecule has 0 bridgehead atoms. The predicted molar refractivity (Wildman–Crippen MR) is 51.4 cm³/mol. The van der Waals surface area contributed by atoms with E-state index in [1.165, 1.54) is 0 Å². The van der Waals surface area contributed by atoms with Crippen LogP contribution in [0.4, 0.5) is 0 Å². The summed E-state index contributed by atoms with van der Waals surface area (Å²) >= 11 is 1.07. The van der Waals surface area contributed by atoms with E-state index in [2.05, 4.69) is 17.2 Å². The average Bonchev–Trinajstić information content (AvgIpc) is 2.04. The van der Waals surface area contributed by atoms with Gasteiger partial charge in [0.05, 0.1) is 18.1 Å². The highest BCUT2D eigenvalue weighted by atomic mass is 32.2. The van der Waals surface area contributed by atoms with Crippen LogP contribution in [-0.2, 0) is 9.59 Å². The number of rotatable bonds is 5. The van der Waals surface area contributed by atoms with E-state index in [4.69, 9.17) is 5.11 Å². The molecule has 13 heavy (non-hydrogen) atoms. The Morgan fingerprint density at radius 1 is 1.46 bits per heavy atom. The second kappa shape index (κ2) is 7.50. The summed E-state index contributed by atoms with van der Waals surface area (Å²) in [7, 11) is 0. The van der Waals surface area contributed by atoms with Crippen molar-refractivity contribution < 1.29 is 14.7 Å². The van der Waals surface area contributed by atoms with E-state index in [-0.39, 0.29) is 17.4 Å². The lowest BCUT2D eigenvalue weighted by molar-refractivity contribution is -0.133. The number of aliphatic carboxylic acids is 1. The average molecular weight is 201 g/mol. The van der Waals surface area contributed by atoms with E-state index >= 15 is 0 Å². The van der Waals surface area contributed by atoms with Crippen molar-refractivity contribution in [3.8, 4) is 11.8 Å². The zero-order chi connectivity index (χ0) is 10.1. The van der Waals surface area contributed by atoms with Gasteiger partial charge in [-0.3, -0.25) is 9.59 Å². The molecule has 0 unspecified atom stereocenters. The fourth-order valence-electron chi connectivity index (χ4n) is 0.513. The zero-order valence-electron chi connectivity index (χ0n) is 7.29. The van der Waals surface area contributed by atoms with Crippen molar-refractivity contribution in [2.75, 3.05) is 18.1 Å². The molecule has 0 aliphatic rings. The molecule has 5 heteroatoms. The number of amides is 1. The molecule has 0 fully saturated rings. The molecule has 0 saturated heterocycles. The van der Waals surface area contributed by atoms with Gasteiger partial charge in [-0.25, -0.2) is 0 Å². The van der Waals surface area contributed by atoms with Gasteiger partial charge in [-0.15, -0.1) is 17.7 Å². The van der Waals surface area contributed by atoms with Gasteiger partial charge in [0.15, 0.2) is 0 Å². The van der Waals surface area contributed by atoms with Gasteiger partial charge in [-0.1, -0.05) is 5.92 Å². The fourth-order valence-corrected chi connectivity index (χ4v) is 1.08. The minimum absolute atomic E-state index is 0.0487. The molecule has 0 saturated carbocycles. The molecule has 0 aromatic rings. The van der Waals surface area contributed by atoms with Crippen LogP contribution in [0.25, 0.3) is 0 Å². The summed E-state index contributed by atoms with van der Waals surface area (Å²) in [5.41, 5.74) is 0. The number of carboxylic acid groups (broad SMARTS) is 1. The van der Waals surface area contributed by atoms with Crippen molar-refractivity contribution in [3.63, 3.8) is 0 Å². The lowest BCUT2D eigenvalue weighted by Crippen LogP contribution is -2.25. The van der Waals surface area contributed by atoms with Crippen molar-refractivity contribution in [1.29, 1.82) is 0 Å². The number of carboxylic acids is 1. The number of hydrogen-bond acceptors (Lipinski definition) is 3. The van der Waals surface area contributed by atoms with Crippen LogP contribution >= 0.6 is 11.8 Å². The number of thioether (sulfide) groups is 1. The first-order valence-electron chi connectivity index (χ1n) is 3.62. The number of hydrogen-bond donors (Lipinski definition) is 2. The molecule has 0 heterocycles. The Bertz CT molecular complexity index is 242. The van der Waals surface area contributed by atoms with Gasteiger partial charge in [0.25, 0.3) is 0 Å². The Kier molecular flexibility index (Phi) is 6.83. The largest absolute Gasteiger partial charge is 0.481 e. The van der Waals surface area contributed by atoms with Crippen LogP contribution in [0.1, 0.15) is 6.92 Å². The van der Waals surface area contributed by atoms with E-state index in [9.17, 15) is 9.59 Å². The lowest BCUT2D eigenvalue weighted by Gasteiger charge is -1.98. The van der Waals surface area contributed by atoms with Crippen molar-refractivity contribution in [2.45, 2.75) is 6.92 Å². The van der Waals surface area contributed by atoms with Crippen LogP contribution in [0.2, 0.25) is 0 Å². The Balaban J connectivity index is 3.39. The first kappa shape index (κ1) is 11.8. The molecule has 0 atom stereocenters. The number of nitrogens with one attached hydrogen (secondary N) is 1. The van der Waals surface area contributed by atoms with Gasteiger partial charge < -0.3 is 10.4 Å². The summed E-state index contributed by atoms with van der Waals surface area (Å²) < 4.78 is 0. The first-order chi connectivity index (χ1) is 6.16. The maximum atomic E-state index is 10.9. The number of carbonyl (C=O) groups is 2. The third-order valence-electron chi connectivity index (χ3n) is 1.01. The van der Waals surface area contributed by atoms with Gasteiger partial charge in [0.1, 0.15) is 0 Å². The summed E-state index contributed by atoms with van der Waals surface area (Å²) in [5.74, 6) is 4.32. The van der Waals surface area contributed by atoms with E-state index in [0.29, 0.717) is 6.54 Å². The standard InChI is InChI=1S/C8H11NO3S/c1-2-3-4-9-7(10)5-13-6-8(11)12/h4-6H2,1H3,(H,9,10)(H,11,12). The van der Waals surface area contributed by atoms with Crippen LogP contribution in [0.5, 0.6) is 0 Å². The molecule has 0 rings (SSSR count). The second-order valence-corrected chi connectivity index (χ2v) is 3.08. The van der Waals surface area contributed by atoms with E-state index in [0.717, 1.165) is 11.8 Å².